The molecule has 39 heavy (non-hydrogen) atoms. The van der Waals surface area contributed by atoms with Gasteiger partial charge in [-0.15, -0.1) is 0 Å². The van der Waals surface area contributed by atoms with Crippen molar-refractivity contribution in [3.8, 4) is 22.9 Å². The number of amides is 1. The highest BCUT2D eigenvalue weighted by molar-refractivity contribution is 6.03. The van der Waals surface area contributed by atoms with E-state index in [-0.39, 0.29) is 36.0 Å². The van der Waals surface area contributed by atoms with Crippen molar-refractivity contribution in [2.75, 3.05) is 19.5 Å². The maximum absolute atomic E-state index is 14.7. The van der Waals surface area contributed by atoms with Crippen LogP contribution in [0.4, 0.5) is 24.7 Å². The second-order valence-electron chi connectivity index (χ2n) is 8.94. The summed E-state index contributed by atoms with van der Waals surface area (Å²) in [6.45, 7) is 2.07. The van der Waals surface area contributed by atoms with Gasteiger partial charge >= 0.3 is 0 Å². The quantitative estimate of drug-likeness (QED) is 0.297. The molecule has 1 amide bonds. The number of methoxy groups -OCH3 is 2. The van der Waals surface area contributed by atoms with Crippen LogP contribution in [-0.2, 0) is 19.5 Å². The van der Waals surface area contributed by atoms with Crippen molar-refractivity contribution < 1.29 is 27.4 Å². The highest BCUT2D eigenvalue weighted by Crippen LogP contribution is 2.35. The van der Waals surface area contributed by atoms with E-state index in [0.29, 0.717) is 29.2 Å². The highest BCUT2D eigenvalue weighted by atomic mass is 19.1. The van der Waals surface area contributed by atoms with E-state index in [0.717, 1.165) is 17.7 Å². The zero-order chi connectivity index (χ0) is 27.7. The van der Waals surface area contributed by atoms with Gasteiger partial charge in [-0.05, 0) is 48.4 Å². The first-order chi connectivity index (χ1) is 18.8. The lowest BCUT2D eigenvalue weighted by Gasteiger charge is -2.18. The molecular formula is C29H25F3N4O3. The second-order valence-corrected chi connectivity index (χ2v) is 8.94. The lowest BCUT2D eigenvalue weighted by atomic mass is 10.1. The maximum Gasteiger partial charge on any atom is 0.260 e. The number of benzene rings is 3. The summed E-state index contributed by atoms with van der Waals surface area (Å²) >= 11 is 0. The summed E-state index contributed by atoms with van der Waals surface area (Å²) in [5.41, 5.74) is 1.58. The van der Waals surface area contributed by atoms with Crippen molar-refractivity contribution in [2.24, 2.45) is 0 Å². The molecule has 2 heterocycles. The molecule has 0 aliphatic carbocycles. The largest absolute Gasteiger partial charge is 0.497 e. The Balaban J connectivity index is 1.57. The molecule has 0 spiro atoms. The SMILES string of the molecule is CCc1ccc(Nc2nc(-c3c(F)cccc3F)nc3c2C(=O)N(Cc2ccc(OC)cc2OC)C3)cc1F. The third-order valence-corrected chi connectivity index (χ3v) is 6.56. The minimum absolute atomic E-state index is 0.0236. The molecule has 1 aliphatic rings. The second kappa shape index (κ2) is 10.6. The molecule has 1 N–H and O–H groups in total. The van der Waals surface area contributed by atoms with Crippen LogP contribution in [0, 0.1) is 17.5 Å². The Morgan fingerprint density at radius 3 is 2.31 bits per heavy atom. The Kier molecular flexibility index (Phi) is 7.10. The van der Waals surface area contributed by atoms with Crippen molar-refractivity contribution in [1.29, 1.82) is 0 Å². The van der Waals surface area contributed by atoms with Crippen LogP contribution in [0.5, 0.6) is 11.5 Å². The Labute approximate surface area is 223 Å². The predicted molar refractivity (Wildman–Crippen MR) is 140 cm³/mol. The van der Waals surface area contributed by atoms with Crippen molar-refractivity contribution in [3.05, 3.63) is 94.4 Å². The minimum atomic E-state index is -0.844. The summed E-state index contributed by atoms with van der Waals surface area (Å²) in [6, 6.07) is 13.3. The van der Waals surface area contributed by atoms with Crippen LogP contribution in [0.2, 0.25) is 0 Å². The van der Waals surface area contributed by atoms with Gasteiger partial charge in [-0.3, -0.25) is 4.79 Å². The third kappa shape index (κ3) is 4.97. The molecule has 5 rings (SSSR count). The number of hydrogen-bond donors (Lipinski definition) is 1. The van der Waals surface area contributed by atoms with Crippen LogP contribution >= 0.6 is 0 Å². The third-order valence-electron chi connectivity index (χ3n) is 6.56. The van der Waals surface area contributed by atoms with Gasteiger partial charge in [0.1, 0.15) is 40.3 Å². The van der Waals surface area contributed by atoms with Gasteiger partial charge < -0.3 is 19.7 Å². The Hall–Kier alpha value is -4.60. The molecule has 0 bridgehead atoms. The molecule has 0 fully saturated rings. The average Bonchev–Trinajstić information content (AvgIpc) is 3.23. The van der Waals surface area contributed by atoms with Gasteiger partial charge in [0.25, 0.3) is 5.91 Å². The summed E-state index contributed by atoms with van der Waals surface area (Å²) < 4.78 is 54.6. The molecule has 200 valence electrons. The van der Waals surface area contributed by atoms with Gasteiger partial charge in [0.2, 0.25) is 0 Å². The van der Waals surface area contributed by atoms with Crippen molar-refractivity contribution in [3.63, 3.8) is 0 Å². The normalized spacial score (nSPS) is 12.5. The van der Waals surface area contributed by atoms with Gasteiger partial charge in [-0.1, -0.05) is 19.1 Å². The summed E-state index contributed by atoms with van der Waals surface area (Å²) in [5.74, 6) is -1.58. The molecule has 0 atom stereocenters. The maximum atomic E-state index is 14.7. The molecule has 1 aliphatic heterocycles. The van der Waals surface area contributed by atoms with Gasteiger partial charge in [0, 0.05) is 17.3 Å². The molecule has 0 saturated carbocycles. The number of anilines is 2. The van der Waals surface area contributed by atoms with Crippen LogP contribution in [0.1, 0.15) is 34.1 Å². The number of aryl methyl sites for hydroxylation is 1. The van der Waals surface area contributed by atoms with Crippen LogP contribution < -0.4 is 14.8 Å². The molecule has 0 saturated heterocycles. The lowest BCUT2D eigenvalue weighted by molar-refractivity contribution is 0.0766. The van der Waals surface area contributed by atoms with E-state index in [9.17, 15) is 18.0 Å². The standard InChI is InChI=1S/C29H25F3N4O3/c1-4-16-8-10-18(12-22(16)32)33-28-26-23(34-27(35-28)25-20(30)6-5-7-21(25)31)15-36(29(26)37)14-17-9-11-19(38-2)13-24(17)39-3/h5-13H,4,14-15H2,1-3H3,(H,33,34,35). The van der Waals surface area contributed by atoms with Crippen LogP contribution in [0.3, 0.4) is 0 Å². The fraction of sp³-hybridized carbons (Fsp3) is 0.207. The molecule has 0 radical (unpaired) electrons. The van der Waals surface area contributed by atoms with E-state index in [4.69, 9.17) is 9.47 Å². The fourth-order valence-corrected chi connectivity index (χ4v) is 4.54. The zero-order valence-electron chi connectivity index (χ0n) is 21.5. The first-order valence-corrected chi connectivity index (χ1v) is 12.2. The van der Waals surface area contributed by atoms with Gasteiger partial charge in [0.15, 0.2) is 5.82 Å². The number of carbonyl (C=O) groups is 1. The Morgan fingerprint density at radius 1 is 0.897 bits per heavy atom. The smallest absolute Gasteiger partial charge is 0.260 e. The molecule has 1 aromatic heterocycles. The first kappa shape index (κ1) is 26.0. The number of rotatable bonds is 8. The summed E-state index contributed by atoms with van der Waals surface area (Å²) in [4.78, 5) is 23.9. The number of carbonyl (C=O) groups excluding carboxylic acids is 1. The summed E-state index contributed by atoms with van der Waals surface area (Å²) in [7, 11) is 3.06. The number of aromatic nitrogens is 2. The number of halogens is 3. The van der Waals surface area contributed by atoms with E-state index >= 15 is 0 Å². The molecule has 7 nitrogen and oxygen atoms in total. The van der Waals surface area contributed by atoms with E-state index in [1.54, 1.807) is 37.4 Å². The lowest BCUT2D eigenvalue weighted by Crippen LogP contribution is -2.24. The summed E-state index contributed by atoms with van der Waals surface area (Å²) in [6.07, 6.45) is 0.508. The van der Waals surface area contributed by atoms with Crippen molar-refractivity contribution in [2.45, 2.75) is 26.4 Å². The van der Waals surface area contributed by atoms with Crippen LogP contribution in [0.15, 0.2) is 54.6 Å². The molecule has 10 heteroatoms. The summed E-state index contributed by atoms with van der Waals surface area (Å²) in [5, 5.41) is 2.97. The molecule has 0 unspecified atom stereocenters. The topological polar surface area (TPSA) is 76.6 Å². The number of nitrogens with zero attached hydrogens (tertiary/aromatic N) is 3. The predicted octanol–water partition coefficient (Wildman–Crippen LogP) is 6.04. The van der Waals surface area contributed by atoms with E-state index in [1.165, 1.54) is 24.1 Å². The fourth-order valence-electron chi connectivity index (χ4n) is 4.54. The molecular weight excluding hydrogens is 509 g/mol. The minimum Gasteiger partial charge on any atom is -0.497 e. The number of hydrogen-bond acceptors (Lipinski definition) is 6. The number of fused-ring (bicyclic) bond motifs is 1. The highest BCUT2D eigenvalue weighted by Gasteiger charge is 2.34. The molecule has 3 aromatic carbocycles. The van der Waals surface area contributed by atoms with Crippen LogP contribution in [-0.4, -0.2) is 35.0 Å². The van der Waals surface area contributed by atoms with Gasteiger partial charge in [0.05, 0.1) is 38.6 Å². The average molecular weight is 535 g/mol. The van der Waals surface area contributed by atoms with Crippen LogP contribution in [0.25, 0.3) is 11.4 Å². The monoisotopic (exact) mass is 534 g/mol. The molecule has 4 aromatic rings. The Morgan fingerprint density at radius 2 is 1.64 bits per heavy atom. The number of nitrogens with one attached hydrogen (secondary N) is 1. The van der Waals surface area contributed by atoms with E-state index in [2.05, 4.69) is 15.3 Å². The van der Waals surface area contributed by atoms with E-state index in [1.807, 2.05) is 6.92 Å². The van der Waals surface area contributed by atoms with Gasteiger partial charge in [-0.2, -0.15) is 0 Å². The van der Waals surface area contributed by atoms with Crippen molar-refractivity contribution in [1.82, 2.24) is 14.9 Å². The Bertz CT molecular complexity index is 1560. The van der Waals surface area contributed by atoms with Crippen molar-refractivity contribution >= 4 is 17.4 Å². The van der Waals surface area contributed by atoms with Gasteiger partial charge in [-0.25, -0.2) is 23.1 Å². The number of ether oxygens (including phenoxy) is 2. The first-order valence-electron chi connectivity index (χ1n) is 12.2. The zero-order valence-corrected chi connectivity index (χ0v) is 21.5. The van der Waals surface area contributed by atoms with E-state index < -0.39 is 28.9 Å².